The predicted octanol–water partition coefficient (Wildman–Crippen LogP) is 4.26. The molecule has 9 nitrogen and oxygen atoms in total. The minimum atomic E-state index is -1.22. The third-order valence-corrected chi connectivity index (χ3v) is 4.82. The molecule has 2 N–H and O–H groups in total. The number of aromatic nitrogens is 2. The third-order valence-electron chi connectivity index (χ3n) is 3.92. The number of hydrogen-bond acceptors (Lipinski definition) is 7. The lowest BCUT2D eigenvalue weighted by molar-refractivity contribution is -0.385. The smallest absolute Gasteiger partial charge is 0.342 e. The molecule has 1 heterocycles. The maximum atomic E-state index is 11.9. The molecule has 2 aromatic carbocycles. The van der Waals surface area contributed by atoms with Crippen molar-refractivity contribution in [2.45, 2.75) is 5.16 Å². The van der Waals surface area contributed by atoms with E-state index >= 15 is 0 Å². The number of non-ortho nitro benzene ring substituents is 1. The van der Waals surface area contributed by atoms with Crippen LogP contribution >= 0.6 is 11.8 Å². The van der Waals surface area contributed by atoms with Crippen molar-refractivity contribution in [1.82, 2.24) is 9.97 Å². The van der Waals surface area contributed by atoms with Crippen molar-refractivity contribution in [3.05, 3.63) is 69.6 Å². The van der Waals surface area contributed by atoms with Crippen LogP contribution in [0.2, 0.25) is 0 Å². The number of carboxylic acids is 1. The van der Waals surface area contributed by atoms with Crippen molar-refractivity contribution in [3.8, 4) is 11.5 Å². The van der Waals surface area contributed by atoms with Gasteiger partial charge >= 0.3 is 5.97 Å². The topological polar surface area (TPSA) is 128 Å². The minimum absolute atomic E-state index is 0.105. The van der Waals surface area contributed by atoms with Gasteiger partial charge in [0.15, 0.2) is 16.7 Å². The quantitative estimate of drug-likeness (QED) is 0.170. The number of H-pyrrole nitrogens is 1. The number of methoxy groups -OCH3 is 1. The van der Waals surface area contributed by atoms with E-state index < -0.39 is 10.9 Å². The highest BCUT2D eigenvalue weighted by molar-refractivity contribution is 8.04. The zero-order valence-electron chi connectivity index (χ0n) is 15.8. The summed E-state index contributed by atoms with van der Waals surface area (Å²) >= 11 is 0.886. The Morgan fingerprint density at radius 2 is 2.17 bits per heavy atom. The molecule has 10 heteroatoms. The number of nitro benzene ring substituents is 1. The zero-order chi connectivity index (χ0) is 21.7. The first-order valence-electron chi connectivity index (χ1n) is 8.60. The number of benzene rings is 2. The van der Waals surface area contributed by atoms with E-state index in [1.807, 2.05) is 18.2 Å². The summed E-state index contributed by atoms with van der Waals surface area (Å²) in [4.78, 5) is 29.8. The van der Waals surface area contributed by atoms with Crippen LogP contribution in [-0.4, -0.2) is 39.7 Å². The Balaban J connectivity index is 2.08. The van der Waals surface area contributed by atoms with Crippen molar-refractivity contribution in [2.75, 3.05) is 13.7 Å². The lowest BCUT2D eigenvalue weighted by atomic mass is 10.1. The number of nitrogens with zero attached hydrogens (tertiary/aromatic N) is 2. The Morgan fingerprint density at radius 3 is 2.80 bits per heavy atom. The van der Waals surface area contributed by atoms with Crippen LogP contribution in [0.4, 0.5) is 5.69 Å². The van der Waals surface area contributed by atoms with E-state index in [1.54, 1.807) is 6.07 Å². The van der Waals surface area contributed by atoms with Gasteiger partial charge in [-0.2, -0.15) is 0 Å². The van der Waals surface area contributed by atoms with Gasteiger partial charge in [0, 0.05) is 11.6 Å². The second-order valence-corrected chi connectivity index (χ2v) is 6.93. The maximum absolute atomic E-state index is 11.9. The largest absolute Gasteiger partial charge is 0.493 e. The van der Waals surface area contributed by atoms with E-state index in [9.17, 15) is 20.0 Å². The fraction of sp³-hybridized carbons (Fsp3) is 0.100. The average molecular weight is 427 g/mol. The second kappa shape index (κ2) is 9.14. The Kier molecular flexibility index (Phi) is 6.38. The first kappa shape index (κ1) is 20.9. The van der Waals surface area contributed by atoms with Gasteiger partial charge in [-0.3, -0.25) is 10.1 Å². The molecule has 0 radical (unpaired) electrons. The second-order valence-electron chi connectivity index (χ2n) is 5.90. The summed E-state index contributed by atoms with van der Waals surface area (Å²) in [6.45, 7) is 3.68. The van der Waals surface area contributed by atoms with Gasteiger partial charge < -0.3 is 19.6 Å². The molecule has 0 atom stereocenters. The van der Waals surface area contributed by atoms with Crippen molar-refractivity contribution < 1.29 is 24.3 Å². The average Bonchev–Trinajstić information content (AvgIpc) is 3.14. The van der Waals surface area contributed by atoms with Crippen molar-refractivity contribution in [2.24, 2.45) is 0 Å². The van der Waals surface area contributed by atoms with E-state index in [1.165, 1.54) is 31.4 Å². The number of thioether (sulfide) groups is 1. The normalized spacial score (nSPS) is 11.3. The molecule has 0 bridgehead atoms. The molecule has 1 aromatic heterocycles. The van der Waals surface area contributed by atoms with Gasteiger partial charge in [-0.1, -0.05) is 24.8 Å². The highest BCUT2D eigenvalue weighted by atomic mass is 32.2. The van der Waals surface area contributed by atoms with E-state index in [0.717, 1.165) is 17.3 Å². The molecule has 30 heavy (non-hydrogen) atoms. The lowest BCUT2D eigenvalue weighted by Crippen LogP contribution is -2.02. The van der Waals surface area contributed by atoms with Gasteiger partial charge in [0.2, 0.25) is 0 Å². The number of fused-ring (bicyclic) bond motifs is 1. The molecule has 3 rings (SSSR count). The highest BCUT2D eigenvalue weighted by Gasteiger charge is 2.20. The van der Waals surface area contributed by atoms with Crippen LogP contribution in [0.3, 0.4) is 0 Å². The first-order chi connectivity index (χ1) is 14.4. The van der Waals surface area contributed by atoms with Crippen LogP contribution < -0.4 is 9.47 Å². The zero-order valence-corrected chi connectivity index (χ0v) is 16.6. The standard InChI is InChI=1S/C20H17N3O6S/c1-3-8-29-18-12(9-13(23(26)27)11-16(18)28-2)10-17(19(24)25)30-20-21-14-6-4-5-7-15(14)22-20/h3-7,9-11H,1,8H2,2H3,(H,21,22)(H,24,25)/b17-10+. The molecule has 0 aliphatic rings. The number of nitrogens with one attached hydrogen (secondary N) is 1. The molecule has 154 valence electrons. The number of para-hydroxylation sites is 2. The lowest BCUT2D eigenvalue weighted by Gasteiger charge is -2.13. The van der Waals surface area contributed by atoms with Crippen LogP contribution in [0.15, 0.2) is 59.1 Å². The number of hydrogen-bond donors (Lipinski definition) is 2. The van der Waals surface area contributed by atoms with Crippen LogP contribution in [-0.2, 0) is 4.79 Å². The van der Waals surface area contributed by atoms with Gasteiger partial charge in [-0.25, -0.2) is 9.78 Å². The molecule has 3 aromatic rings. The highest BCUT2D eigenvalue weighted by Crippen LogP contribution is 2.38. The molecular weight excluding hydrogens is 410 g/mol. The number of aliphatic carboxylic acids is 1. The Bertz CT molecular complexity index is 1120. The van der Waals surface area contributed by atoms with Gasteiger partial charge in [-0.05, 0) is 30.0 Å². The number of carbonyl (C=O) groups is 1. The van der Waals surface area contributed by atoms with Crippen LogP contribution in [0.25, 0.3) is 17.1 Å². The maximum Gasteiger partial charge on any atom is 0.342 e. The molecule has 0 spiro atoms. The van der Waals surface area contributed by atoms with Crippen molar-refractivity contribution in [1.29, 1.82) is 0 Å². The summed E-state index contributed by atoms with van der Waals surface area (Å²) in [7, 11) is 1.34. The Hall–Kier alpha value is -3.79. The minimum Gasteiger partial charge on any atom is -0.493 e. The van der Waals surface area contributed by atoms with E-state index in [2.05, 4.69) is 16.5 Å². The molecular formula is C20H17N3O6S. The summed E-state index contributed by atoms with van der Waals surface area (Å²) in [6.07, 6.45) is 2.78. The summed E-state index contributed by atoms with van der Waals surface area (Å²) < 4.78 is 10.8. The summed E-state index contributed by atoms with van der Waals surface area (Å²) in [5.41, 5.74) is 1.37. The van der Waals surface area contributed by atoms with E-state index in [0.29, 0.717) is 10.7 Å². The molecule has 0 saturated carbocycles. The monoisotopic (exact) mass is 427 g/mol. The summed E-state index contributed by atoms with van der Waals surface area (Å²) in [5.74, 6) is -0.941. The summed E-state index contributed by atoms with van der Waals surface area (Å²) in [6, 6.07) is 9.72. The SMILES string of the molecule is C=CCOc1c(/C=C(/Sc2nc3ccccc3[nH]2)C(=O)O)cc([N+](=O)[O-])cc1OC. The van der Waals surface area contributed by atoms with Gasteiger partial charge in [0.05, 0.1) is 29.1 Å². The number of ether oxygens (including phenoxy) is 2. The van der Waals surface area contributed by atoms with Crippen molar-refractivity contribution in [3.63, 3.8) is 0 Å². The number of aromatic amines is 1. The number of carboxylic acid groups (broad SMARTS) is 1. The summed E-state index contributed by atoms with van der Waals surface area (Å²) in [5, 5.41) is 21.4. The van der Waals surface area contributed by atoms with Crippen LogP contribution in [0, 0.1) is 10.1 Å². The Morgan fingerprint density at radius 1 is 1.40 bits per heavy atom. The molecule has 0 aliphatic carbocycles. The van der Waals surface area contributed by atoms with Gasteiger partial charge in [0.25, 0.3) is 5.69 Å². The van der Waals surface area contributed by atoms with E-state index in [4.69, 9.17) is 9.47 Å². The number of rotatable bonds is 9. The van der Waals surface area contributed by atoms with Gasteiger partial charge in [0.1, 0.15) is 11.5 Å². The third kappa shape index (κ3) is 4.61. The first-order valence-corrected chi connectivity index (χ1v) is 9.42. The molecule has 0 fully saturated rings. The molecule has 0 aliphatic heterocycles. The molecule has 0 saturated heterocycles. The fourth-order valence-corrected chi connectivity index (χ4v) is 3.41. The predicted molar refractivity (Wildman–Crippen MR) is 113 cm³/mol. The van der Waals surface area contributed by atoms with Crippen LogP contribution in [0.1, 0.15) is 5.56 Å². The van der Waals surface area contributed by atoms with Crippen LogP contribution in [0.5, 0.6) is 11.5 Å². The van der Waals surface area contributed by atoms with E-state index in [-0.39, 0.29) is 34.3 Å². The van der Waals surface area contributed by atoms with Crippen molar-refractivity contribution >= 4 is 40.5 Å². The molecule has 0 amide bonds. The molecule has 0 unspecified atom stereocenters. The van der Waals surface area contributed by atoms with Gasteiger partial charge in [-0.15, -0.1) is 0 Å². The number of nitro groups is 1. The Labute approximate surface area is 175 Å². The fourth-order valence-electron chi connectivity index (χ4n) is 2.63. The number of imidazole rings is 1.